The quantitative estimate of drug-likeness (QED) is 0.527. The number of nitrogens with zero attached hydrogens (tertiary/aromatic N) is 4. The first kappa shape index (κ1) is 20.4. The lowest BCUT2D eigenvalue weighted by molar-refractivity contribution is 0.105. The molecule has 1 aliphatic rings. The van der Waals surface area contributed by atoms with Crippen molar-refractivity contribution in [2.45, 2.75) is 13.3 Å². The molecule has 1 aromatic carbocycles. The van der Waals surface area contributed by atoms with E-state index in [0.29, 0.717) is 47.8 Å². The zero-order valence-electron chi connectivity index (χ0n) is 15.7. The van der Waals surface area contributed by atoms with Crippen molar-refractivity contribution < 1.29 is 9.53 Å². The fourth-order valence-electron chi connectivity index (χ4n) is 3.06. The highest BCUT2D eigenvalue weighted by atomic mass is 35.5. The number of amides is 1. The lowest BCUT2D eigenvalue weighted by atomic mass is 10.1. The van der Waals surface area contributed by atoms with Crippen molar-refractivity contribution in [3.63, 3.8) is 0 Å². The molecule has 2 aromatic rings. The molecule has 0 atom stereocenters. The minimum atomic E-state index is -0.247. The Kier molecular flexibility index (Phi) is 6.75. The molecule has 0 bridgehead atoms. The zero-order valence-corrected chi connectivity index (χ0v) is 17.2. The van der Waals surface area contributed by atoms with Crippen LogP contribution in [0.2, 0.25) is 10.3 Å². The van der Waals surface area contributed by atoms with Gasteiger partial charge in [0, 0.05) is 43.0 Å². The monoisotopic (exact) mass is 420 g/mol. The Hall–Kier alpha value is -2.31. The van der Waals surface area contributed by atoms with Gasteiger partial charge in [0.05, 0.1) is 6.61 Å². The van der Waals surface area contributed by atoms with Gasteiger partial charge in [0.25, 0.3) is 0 Å². The van der Waals surface area contributed by atoms with Gasteiger partial charge >= 0.3 is 6.09 Å². The van der Waals surface area contributed by atoms with Crippen molar-refractivity contribution >= 4 is 35.0 Å². The summed E-state index contributed by atoms with van der Waals surface area (Å²) < 4.78 is 5.06. The predicted molar refractivity (Wildman–Crippen MR) is 112 cm³/mol. The molecule has 0 N–H and O–H groups in total. The van der Waals surface area contributed by atoms with Crippen LogP contribution in [0.4, 0.5) is 10.5 Å². The summed E-state index contributed by atoms with van der Waals surface area (Å²) in [7, 11) is 0. The molecule has 0 saturated carbocycles. The number of hydrogen-bond acceptors (Lipinski definition) is 5. The van der Waals surface area contributed by atoms with E-state index in [2.05, 4.69) is 21.4 Å². The Labute approximate surface area is 174 Å². The first-order valence-corrected chi connectivity index (χ1v) is 9.89. The number of hydrogen-bond donors (Lipinski definition) is 0. The Bertz CT molecular complexity index is 827. The van der Waals surface area contributed by atoms with Crippen molar-refractivity contribution in [1.29, 1.82) is 0 Å². The Morgan fingerprint density at radius 3 is 2.29 bits per heavy atom. The Morgan fingerprint density at radius 1 is 1.14 bits per heavy atom. The van der Waals surface area contributed by atoms with E-state index in [1.54, 1.807) is 11.0 Å². The van der Waals surface area contributed by atoms with Gasteiger partial charge < -0.3 is 14.5 Å². The first-order chi connectivity index (χ1) is 13.5. The maximum Gasteiger partial charge on any atom is 0.409 e. The molecule has 0 unspecified atom stereocenters. The van der Waals surface area contributed by atoms with Crippen LogP contribution in [-0.2, 0) is 11.2 Å². The third-order valence-electron chi connectivity index (χ3n) is 4.55. The molecule has 28 heavy (non-hydrogen) atoms. The fraction of sp³-hybridized carbons (Fsp3) is 0.350. The number of carbonyl (C=O) groups excluding carboxylic acids is 1. The summed E-state index contributed by atoms with van der Waals surface area (Å²) in [5.41, 5.74) is 2.59. The molecule has 1 aromatic heterocycles. The van der Waals surface area contributed by atoms with Crippen molar-refractivity contribution in [2.24, 2.45) is 0 Å². The third-order valence-corrected chi connectivity index (χ3v) is 5.18. The second-order valence-corrected chi connectivity index (χ2v) is 7.04. The Morgan fingerprint density at radius 2 is 1.75 bits per heavy atom. The van der Waals surface area contributed by atoms with E-state index >= 15 is 0 Å². The van der Waals surface area contributed by atoms with Crippen LogP contribution in [0, 0.1) is 0 Å². The number of rotatable bonds is 5. The van der Waals surface area contributed by atoms with E-state index < -0.39 is 0 Å². The van der Waals surface area contributed by atoms with Gasteiger partial charge in [-0.1, -0.05) is 29.3 Å². The van der Waals surface area contributed by atoms with E-state index in [-0.39, 0.29) is 6.09 Å². The molecule has 0 radical (unpaired) electrons. The largest absolute Gasteiger partial charge is 0.450 e. The number of halogens is 2. The summed E-state index contributed by atoms with van der Waals surface area (Å²) in [6.07, 6.45) is 1.99. The highest BCUT2D eigenvalue weighted by Gasteiger charge is 2.22. The molecule has 1 aliphatic heterocycles. The molecule has 1 saturated heterocycles. The van der Waals surface area contributed by atoms with E-state index in [9.17, 15) is 4.79 Å². The summed E-state index contributed by atoms with van der Waals surface area (Å²) in [5.74, 6) is 0.487. The standard InChI is InChI=1S/C20H22Cl2N4O2/c1-3-5-16-17(21)23-19(24-18(16)22)14-6-8-15(9-7-14)25-10-12-26(13-11-25)20(27)28-4-2/h3,6-9H,1,4-5,10-13H2,2H3. The molecule has 8 heteroatoms. The normalized spacial score (nSPS) is 14.1. The number of ether oxygens (including phenoxy) is 1. The van der Waals surface area contributed by atoms with Crippen molar-refractivity contribution in [1.82, 2.24) is 14.9 Å². The number of piperazine rings is 1. The average Bonchev–Trinajstić information content (AvgIpc) is 2.71. The van der Waals surface area contributed by atoms with Gasteiger partial charge in [0.15, 0.2) is 5.82 Å². The number of anilines is 1. The average molecular weight is 421 g/mol. The summed E-state index contributed by atoms with van der Waals surface area (Å²) in [5, 5.41) is 0.683. The maximum absolute atomic E-state index is 11.8. The molecule has 1 fully saturated rings. The maximum atomic E-state index is 11.8. The van der Waals surface area contributed by atoms with Crippen LogP contribution < -0.4 is 4.90 Å². The van der Waals surface area contributed by atoms with Crippen molar-refractivity contribution in [3.8, 4) is 11.4 Å². The van der Waals surface area contributed by atoms with Crippen LogP contribution in [0.5, 0.6) is 0 Å². The first-order valence-electron chi connectivity index (χ1n) is 9.13. The topological polar surface area (TPSA) is 58.6 Å². The number of allylic oxidation sites excluding steroid dienone is 1. The lowest BCUT2D eigenvalue weighted by Gasteiger charge is -2.35. The van der Waals surface area contributed by atoms with Gasteiger partial charge in [-0.15, -0.1) is 6.58 Å². The summed E-state index contributed by atoms with van der Waals surface area (Å²) in [6.45, 7) is 8.68. The highest BCUT2D eigenvalue weighted by molar-refractivity contribution is 6.34. The molecule has 148 valence electrons. The predicted octanol–water partition coefficient (Wildman–Crippen LogP) is 4.46. The lowest BCUT2D eigenvalue weighted by Crippen LogP contribution is -2.49. The van der Waals surface area contributed by atoms with Crippen LogP contribution in [0.3, 0.4) is 0 Å². The minimum absolute atomic E-state index is 0.247. The van der Waals surface area contributed by atoms with E-state index in [1.165, 1.54) is 0 Å². The third kappa shape index (κ3) is 4.56. The molecular weight excluding hydrogens is 399 g/mol. The van der Waals surface area contributed by atoms with Crippen LogP contribution in [0.1, 0.15) is 12.5 Å². The fourth-order valence-corrected chi connectivity index (χ4v) is 3.60. The van der Waals surface area contributed by atoms with Gasteiger partial charge in [-0.2, -0.15) is 0 Å². The zero-order chi connectivity index (χ0) is 20.1. The summed E-state index contributed by atoms with van der Waals surface area (Å²) in [4.78, 5) is 24.5. The smallest absolute Gasteiger partial charge is 0.409 e. The van der Waals surface area contributed by atoms with Gasteiger partial charge in [-0.3, -0.25) is 0 Å². The van der Waals surface area contributed by atoms with Crippen LogP contribution >= 0.6 is 23.2 Å². The molecule has 0 aliphatic carbocycles. The SMILES string of the molecule is C=CCc1c(Cl)nc(-c2ccc(N3CCN(C(=O)OCC)CC3)cc2)nc1Cl. The Balaban J connectivity index is 1.69. The molecule has 1 amide bonds. The minimum Gasteiger partial charge on any atom is -0.450 e. The van der Waals surface area contributed by atoms with Crippen LogP contribution in [-0.4, -0.2) is 53.7 Å². The second-order valence-electron chi connectivity index (χ2n) is 6.32. The summed E-state index contributed by atoms with van der Waals surface area (Å²) >= 11 is 12.5. The van der Waals surface area contributed by atoms with Crippen LogP contribution in [0.15, 0.2) is 36.9 Å². The second kappa shape index (κ2) is 9.26. The molecule has 2 heterocycles. The number of benzene rings is 1. The molecule has 6 nitrogen and oxygen atoms in total. The van der Waals surface area contributed by atoms with Gasteiger partial charge in [-0.05, 0) is 37.6 Å². The van der Waals surface area contributed by atoms with Crippen molar-refractivity contribution in [2.75, 3.05) is 37.7 Å². The van der Waals surface area contributed by atoms with Gasteiger partial charge in [-0.25, -0.2) is 14.8 Å². The van der Waals surface area contributed by atoms with Gasteiger partial charge in [0.2, 0.25) is 0 Å². The number of aromatic nitrogens is 2. The van der Waals surface area contributed by atoms with E-state index in [0.717, 1.165) is 24.3 Å². The van der Waals surface area contributed by atoms with Gasteiger partial charge in [0.1, 0.15) is 10.3 Å². The number of carbonyl (C=O) groups is 1. The summed E-state index contributed by atoms with van der Waals surface area (Å²) in [6, 6.07) is 7.92. The highest BCUT2D eigenvalue weighted by Crippen LogP contribution is 2.27. The van der Waals surface area contributed by atoms with Crippen molar-refractivity contribution in [3.05, 3.63) is 52.8 Å². The van der Waals surface area contributed by atoms with E-state index in [4.69, 9.17) is 27.9 Å². The van der Waals surface area contributed by atoms with E-state index in [1.807, 2.05) is 31.2 Å². The molecular formula is C20H22Cl2N4O2. The molecule has 0 spiro atoms. The van der Waals surface area contributed by atoms with Crippen LogP contribution in [0.25, 0.3) is 11.4 Å². The molecule has 3 rings (SSSR count).